The molecule has 1 unspecified atom stereocenters. The van der Waals surface area contributed by atoms with Gasteiger partial charge in [0, 0.05) is 22.5 Å². The van der Waals surface area contributed by atoms with Crippen LogP contribution in [0.15, 0.2) is 82.5 Å². The van der Waals surface area contributed by atoms with Gasteiger partial charge in [-0.1, -0.05) is 64.9 Å². The van der Waals surface area contributed by atoms with Gasteiger partial charge >= 0.3 is 12.4 Å². The van der Waals surface area contributed by atoms with Gasteiger partial charge in [0.1, 0.15) is 12.1 Å². The van der Waals surface area contributed by atoms with E-state index in [1.54, 1.807) is 0 Å². The number of amides is 3. The van der Waals surface area contributed by atoms with Gasteiger partial charge in [0.2, 0.25) is 5.91 Å². The number of aromatic nitrogens is 3. The standard InChI is InChI=1S/C30H26BrF3N6O3S/c1-3-19(15-35-28(42)37-29-40(26(41)16-44-29)25-14-22(31)9-4-18(25)2)20-5-7-21(8-6-20)27-36-17-39(38-27)23-10-12-24(13-11-23)43-30(32,33)34/h4-14,17,19H,3,15-16H2,1-2H3,(H,35,42). The van der Waals surface area contributed by atoms with Gasteiger partial charge < -0.3 is 10.1 Å². The molecule has 1 saturated heterocycles. The average molecular weight is 688 g/mol. The Hall–Kier alpha value is -4.17. The van der Waals surface area contributed by atoms with E-state index in [9.17, 15) is 22.8 Å². The Bertz CT molecular complexity index is 1690. The minimum Gasteiger partial charge on any atom is -0.406 e. The van der Waals surface area contributed by atoms with Gasteiger partial charge in [-0.15, -0.1) is 18.3 Å². The molecule has 0 aliphatic carbocycles. The van der Waals surface area contributed by atoms with Gasteiger partial charge in [0.05, 0.1) is 17.1 Å². The van der Waals surface area contributed by atoms with Crippen LogP contribution in [-0.2, 0) is 4.79 Å². The number of urea groups is 1. The normalized spacial score (nSPS) is 15.1. The number of benzene rings is 3. The van der Waals surface area contributed by atoms with Crippen molar-refractivity contribution in [1.29, 1.82) is 0 Å². The molecule has 1 atom stereocenters. The van der Waals surface area contributed by atoms with E-state index in [-0.39, 0.29) is 23.3 Å². The number of anilines is 1. The number of rotatable bonds is 8. The van der Waals surface area contributed by atoms with Crippen LogP contribution in [0, 0.1) is 6.92 Å². The van der Waals surface area contributed by atoms with E-state index in [4.69, 9.17) is 0 Å². The van der Waals surface area contributed by atoms with Crippen LogP contribution in [0.2, 0.25) is 0 Å². The predicted molar refractivity (Wildman–Crippen MR) is 166 cm³/mol. The van der Waals surface area contributed by atoms with E-state index in [1.807, 2.05) is 56.3 Å². The van der Waals surface area contributed by atoms with Crippen LogP contribution in [0.4, 0.5) is 23.7 Å². The molecule has 44 heavy (non-hydrogen) atoms. The number of amidine groups is 1. The summed E-state index contributed by atoms with van der Waals surface area (Å²) in [5.41, 5.74) is 3.85. The molecule has 3 amide bonds. The molecule has 1 fully saturated rings. The van der Waals surface area contributed by atoms with E-state index in [1.165, 1.54) is 51.9 Å². The van der Waals surface area contributed by atoms with Crippen LogP contribution in [0.3, 0.4) is 0 Å². The lowest BCUT2D eigenvalue weighted by molar-refractivity contribution is -0.274. The van der Waals surface area contributed by atoms with Crippen molar-refractivity contribution in [2.75, 3.05) is 17.2 Å². The first kappa shape index (κ1) is 31.3. The monoisotopic (exact) mass is 686 g/mol. The Kier molecular flexibility index (Phi) is 9.39. The number of hydrogen-bond acceptors (Lipinski definition) is 6. The molecule has 0 radical (unpaired) electrons. The highest BCUT2D eigenvalue weighted by atomic mass is 79.9. The maximum absolute atomic E-state index is 12.8. The summed E-state index contributed by atoms with van der Waals surface area (Å²) in [7, 11) is 0. The molecule has 14 heteroatoms. The summed E-state index contributed by atoms with van der Waals surface area (Å²) in [5.74, 6) is 0.201. The molecule has 0 bridgehead atoms. The topological polar surface area (TPSA) is 102 Å². The highest BCUT2D eigenvalue weighted by molar-refractivity contribution is 9.10. The van der Waals surface area contributed by atoms with Crippen molar-refractivity contribution < 1.29 is 27.5 Å². The number of aryl methyl sites for hydroxylation is 1. The zero-order valence-corrected chi connectivity index (χ0v) is 25.9. The van der Waals surface area contributed by atoms with Crippen molar-refractivity contribution in [1.82, 2.24) is 20.1 Å². The van der Waals surface area contributed by atoms with Crippen molar-refractivity contribution in [3.8, 4) is 22.8 Å². The molecular formula is C30H26BrF3N6O3S. The number of nitrogens with zero attached hydrogens (tertiary/aromatic N) is 5. The van der Waals surface area contributed by atoms with E-state index in [0.717, 1.165) is 27.6 Å². The Balaban J connectivity index is 1.22. The highest BCUT2D eigenvalue weighted by Crippen LogP contribution is 2.32. The van der Waals surface area contributed by atoms with Crippen molar-refractivity contribution in [3.63, 3.8) is 0 Å². The smallest absolute Gasteiger partial charge is 0.406 e. The lowest BCUT2D eigenvalue weighted by Gasteiger charge is -2.19. The first-order chi connectivity index (χ1) is 21.0. The molecular weight excluding hydrogens is 661 g/mol. The Morgan fingerprint density at radius 2 is 1.86 bits per heavy atom. The minimum atomic E-state index is -4.76. The SMILES string of the molecule is CCC(CNC(=O)N=C1SCC(=O)N1c1cc(Br)ccc1C)c1ccc(-c2ncn(-c3ccc(OC(F)(F)F)cc3)n2)cc1. The molecule has 1 aromatic heterocycles. The van der Waals surface area contributed by atoms with Crippen LogP contribution in [0.1, 0.15) is 30.4 Å². The number of hydrogen-bond donors (Lipinski definition) is 1. The lowest BCUT2D eigenvalue weighted by atomic mass is 9.95. The zero-order valence-electron chi connectivity index (χ0n) is 23.5. The van der Waals surface area contributed by atoms with Crippen molar-refractivity contribution >= 4 is 50.5 Å². The van der Waals surface area contributed by atoms with Crippen molar-refractivity contribution in [2.24, 2.45) is 4.99 Å². The van der Waals surface area contributed by atoms with Gasteiger partial charge in [-0.3, -0.25) is 9.69 Å². The molecule has 1 N–H and O–H groups in total. The predicted octanol–water partition coefficient (Wildman–Crippen LogP) is 7.24. The van der Waals surface area contributed by atoms with Gasteiger partial charge in [0.15, 0.2) is 11.0 Å². The highest BCUT2D eigenvalue weighted by Gasteiger charge is 2.32. The number of carbonyl (C=O) groups is 2. The maximum Gasteiger partial charge on any atom is 0.573 e. The van der Waals surface area contributed by atoms with E-state index >= 15 is 0 Å². The largest absolute Gasteiger partial charge is 0.573 e. The van der Waals surface area contributed by atoms with E-state index < -0.39 is 12.4 Å². The number of alkyl halides is 3. The van der Waals surface area contributed by atoms with Gasteiger partial charge in [-0.2, -0.15) is 4.99 Å². The summed E-state index contributed by atoms with van der Waals surface area (Å²) in [6, 6.07) is 18.0. The summed E-state index contributed by atoms with van der Waals surface area (Å²) in [6.07, 6.45) is -2.53. The van der Waals surface area contributed by atoms with Crippen molar-refractivity contribution in [3.05, 3.63) is 88.7 Å². The fourth-order valence-corrected chi connectivity index (χ4v) is 5.77. The Labute approximate surface area is 263 Å². The Morgan fingerprint density at radius 1 is 1.14 bits per heavy atom. The molecule has 0 spiro atoms. The Morgan fingerprint density at radius 3 is 2.55 bits per heavy atom. The fourth-order valence-electron chi connectivity index (χ4n) is 4.56. The van der Waals surface area contributed by atoms with Crippen molar-refractivity contribution in [2.45, 2.75) is 32.5 Å². The molecule has 1 aliphatic heterocycles. The second-order valence-electron chi connectivity index (χ2n) is 9.81. The van der Waals surface area contributed by atoms with Crippen LogP contribution in [-0.4, -0.2) is 50.5 Å². The van der Waals surface area contributed by atoms with Crippen LogP contribution in [0.5, 0.6) is 5.75 Å². The summed E-state index contributed by atoms with van der Waals surface area (Å²) in [5, 5.41) is 7.65. The van der Waals surface area contributed by atoms with Crippen LogP contribution >= 0.6 is 27.7 Å². The third-order valence-electron chi connectivity index (χ3n) is 6.83. The number of ether oxygens (including phenoxy) is 1. The second kappa shape index (κ2) is 13.2. The van der Waals surface area contributed by atoms with Gasteiger partial charge in [-0.25, -0.2) is 14.5 Å². The summed E-state index contributed by atoms with van der Waals surface area (Å²) in [4.78, 5) is 35.4. The van der Waals surface area contributed by atoms with Gasteiger partial charge in [0.25, 0.3) is 0 Å². The molecule has 2 heterocycles. The molecule has 4 aromatic rings. The molecule has 5 rings (SSSR count). The second-order valence-corrected chi connectivity index (χ2v) is 11.7. The first-order valence-corrected chi connectivity index (χ1v) is 15.2. The van der Waals surface area contributed by atoms with E-state index in [0.29, 0.717) is 28.9 Å². The molecule has 0 saturated carbocycles. The summed E-state index contributed by atoms with van der Waals surface area (Å²) >= 11 is 4.66. The zero-order chi connectivity index (χ0) is 31.4. The number of carbonyl (C=O) groups excluding carboxylic acids is 2. The fraction of sp³-hybridized carbons (Fsp3) is 0.233. The van der Waals surface area contributed by atoms with E-state index in [2.05, 4.69) is 41.1 Å². The van der Waals surface area contributed by atoms with Crippen LogP contribution in [0.25, 0.3) is 17.1 Å². The lowest BCUT2D eigenvalue weighted by Crippen LogP contribution is -2.32. The number of halogens is 4. The molecule has 3 aromatic carbocycles. The molecule has 9 nitrogen and oxygen atoms in total. The number of thioether (sulfide) groups is 1. The maximum atomic E-state index is 12.8. The summed E-state index contributed by atoms with van der Waals surface area (Å²) < 4.78 is 43.5. The third kappa shape index (κ3) is 7.48. The minimum absolute atomic E-state index is 0.0115. The van der Waals surface area contributed by atoms with Crippen LogP contribution < -0.4 is 15.0 Å². The third-order valence-corrected chi connectivity index (χ3v) is 8.25. The number of nitrogens with one attached hydrogen (secondary N) is 1. The summed E-state index contributed by atoms with van der Waals surface area (Å²) in [6.45, 7) is 4.27. The molecule has 1 aliphatic rings. The quantitative estimate of drug-likeness (QED) is 0.210. The average Bonchev–Trinajstić information content (AvgIpc) is 3.62. The van der Waals surface area contributed by atoms with Gasteiger partial charge in [-0.05, 0) is 60.9 Å². The first-order valence-electron chi connectivity index (χ1n) is 13.5. The number of aliphatic imine (C=N–C) groups is 1. The molecule has 228 valence electrons.